The molecule has 2 amide bonds. The van der Waals surface area contributed by atoms with Crippen LogP contribution in [-0.2, 0) is 4.79 Å². The molecule has 0 aromatic heterocycles. The minimum atomic E-state index is -0.996. The van der Waals surface area contributed by atoms with Gasteiger partial charge in [-0.1, -0.05) is 6.92 Å². The molecule has 0 radical (unpaired) electrons. The van der Waals surface area contributed by atoms with E-state index in [2.05, 4.69) is 0 Å². The van der Waals surface area contributed by atoms with Gasteiger partial charge in [-0.05, 0) is 32.6 Å². The van der Waals surface area contributed by atoms with Crippen LogP contribution in [0.4, 0.5) is 4.79 Å². The molecule has 0 saturated carbocycles. The molecule has 1 rings (SSSR count). The van der Waals surface area contributed by atoms with E-state index in [0.717, 1.165) is 12.8 Å². The van der Waals surface area contributed by atoms with Gasteiger partial charge < -0.3 is 20.0 Å². The van der Waals surface area contributed by atoms with E-state index in [9.17, 15) is 19.8 Å². The SMILES string of the molecule is CC1CCCN(C(=O)N(C)CC(C)(C)O)C1C(=O)O. The summed E-state index contributed by atoms with van der Waals surface area (Å²) in [6, 6.07) is -1.11. The van der Waals surface area contributed by atoms with Crippen molar-refractivity contribution >= 4 is 12.0 Å². The predicted octanol–water partition coefficient (Wildman–Crippen LogP) is 0.994. The highest BCUT2D eigenvalue weighted by Crippen LogP contribution is 2.24. The highest BCUT2D eigenvalue weighted by Gasteiger charge is 2.38. The third-order valence-electron chi connectivity index (χ3n) is 3.38. The van der Waals surface area contributed by atoms with Gasteiger partial charge in [0.2, 0.25) is 0 Å². The van der Waals surface area contributed by atoms with Crippen LogP contribution in [0.25, 0.3) is 0 Å². The maximum Gasteiger partial charge on any atom is 0.326 e. The largest absolute Gasteiger partial charge is 0.480 e. The molecule has 1 aliphatic rings. The average molecular weight is 272 g/mol. The van der Waals surface area contributed by atoms with Crippen LogP contribution in [0.2, 0.25) is 0 Å². The number of rotatable bonds is 3. The van der Waals surface area contributed by atoms with Crippen molar-refractivity contribution in [3.63, 3.8) is 0 Å². The zero-order valence-electron chi connectivity index (χ0n) is 12.1. The highest BCUT2D eigenvalue weighted by atomic mass is 16.4. The Morgan fingerprint density at radius 2 is 2.00 bits per heavy atom. The molecule has 1 aliphatic heterocycles. The zero-order valence-corrected chi connectivity index (χ0v) is 12.1. The quantitative estimate of drug-likeness (QED) is 0.803. The minimum absolute atomic E-state index is 0.0502. The van der Waals surface area contributed by atoms with Gasteiger partial charge in [0.1, 0.15) is 6.04 Å². The van der Waals surface area contributed by atoms with E-state index in [4.69, 9.17) is 0 Å². The number of nitrogens with zero attached hydrogens (tertiary/aromatic N) is 2. The van der Waals surface area contributed by atoms with Crippen molar-refractivity contribution in [3.8, 4) is 0 Å². The van der Waals surface area contributed by atoms with Crippen LogP contribution in [-0.4, -0.2) is 63.8 Å². The first-order valence-corrected chi connectivity index (χ1v) is 6.60. The van der Waals surface area contributed by atoms with Crippen molar-refractivity contribution in [3.05, 3.63) is 0 Å². The number of aliphatic hydroxyl groups is 1. The minimum Gasteiger partial charge on any atom is -0.480 e. The van der Waals surface area contributed by atoms with Gasteiger partial charge in [0, 0.05) is 13.6 Å². The van der Waals surface area contributed by atoms with E-state index in [1.807, 2.05) is 6.92 Å². The molecule has 1 fully saturated rings. The Morgan fingerprint density at radius 1 is 1.42 bits per heavy atom. The summed E-state index contributed by atoms with van der Waals surface area (Å²) in [6.07, 6.45) is 1.63. The number of hydrogen-bond donors (Lipinski definition) is 2. The number of likely N-dealkylation sites (N-methyl/N-ethyl adjacent to an activating group) is 1. The Morgan fingerprint density at radius 3 is 2.47 bits per heavy atom. The van der Waals surface area contributed by atoms with Crippen LogP contribution in [0, 0.1) is 5.92 Å². The second-order valence-electron chi connectivity index (χ2n) is 6.05. The number of amides is 2. The third kappa shape index (κ3) is 4.09. The van der Waals surface area contributed by atoms with E-state index >= 15 is 0 Å². The number of carboxylic acids is 1. The molecule has 1 heterocycles. The smallest absolute Gasteiger partial charge is 0.326 e. The third-order valence-corrected chi connectivity index (χ3v) is 3.38. The Balaban J connectivity index is 2.81. The molecule has 0 aliphatic carbocycles. The van der Waals surface area contributed by atoms with Crippen LogP contribution in [0.1, 0.15) is 33.6 Å². The number of carbonyl (C=O) groups excluding carboxylic acids is 1. The lowest BCUT2D eigenvalue weighted by Crippen LogP contribution is -2.56. The molecule has 2 N–H and O–H groups in total. The normalized spacial score (nSPS) is 24.2. The summed E-state index contributed by atoms with van der Waals surface area (Å²) in [5, 5.41) is 19.0. The van der Waals surface area contributed by atoms with E-state index in [1.54, 1.807) is 20.9 Å². The molecule has 2 unspecified atom stereocenters. The summed E-state index contributed by atoms with van der Waals surface area (Å²) in [6.45, 7) is 5.71. The fraction of sp³-hybridized carbons (Fsp3) is 0.846. The van der Waals surface area contributed by atoms with Crippen LogP contribution in [0.5, 0.6) is 0 Å². The summed E-state index contributed by atoms with van der Waals surface area (Å²) < 4.78 is 0. The van der Waals surface area contributed by atoms with Gasteiger partial charge in [0.25, 0.3) is 0 Å². The fourth-order valence-electron chi connectivity index (χ4n) is 2.65. The lowest BCUT2D eigenvalue weighted by molar-refractivity contribution is -0.145. The molecule has 0 bridgehead atoms. The van der Waals surface area contributed by atoms with Gasteiger partial charge in [0.05, 0.1) is 12.1 Å². The first kappa shape index (κ1) is 15.8. The van der Waals surface area contributed by atoms with Crippen molar-refractivity contribution in [2.75, 3.05) is 20.1 Å². The van der Waals surface area contributed by atoms with Crippen LogP contribution in [0.15, 0.2) is 0 Å². The molecule has 19 heavy (non-hydrogen) atoms. The molecule has 2 atom stereocenters. The lowest BCUT2D eigenvalue weighted by atomic mass is 9.91. The number of piperidine rings is 1. The Hall–Kier alpha value is -1.30. The summed E-state index contributed by atoms with van der Waals surface area (Å²) in [7, 11) is 1.58. The lowest BCUT2D eigenvalue weighted by Gasteiger charge is -2.40. The number of hydrogen-bond acceptors (Lipinski definition) is 3. The first-order valence-electron chi connectivity index (χ1n) is 6.60. The van der Waals surface area contributed by atoms with Gasteiger partial charge >= 0.3 is 12.0 Å². The van der Waals surface area contributed by atoms with Crippen molar-refractivity contribution in [1.29, 1.82) is 0 Å². The molecule has 1 saturated heterocycles. The molecular formula is C13H24N2O4. The summed E-state index contributed by atoms with van der Waals surface area (Å²) >= 11 is 0. The number of likely N-dealkylation sites (tertiary alicyclic amines) is 1. The standard InChI is InChI=1S/C13H24N2O4/c1-9-6-5-7-15(10(9)11(16)17)12(18)14(4)8-13(2,3)19/h9-10,19H,5-8H2,1-4H3,(H,16,17). The van der Waals surface area contributed by atoms with Crippen LogP contribution >= 0.6 is 0 Å². The Labute approximate surface area is 114 Å². The first-order chi connectivity index (χ1) is 8.63. The molecule has 6 heteroatoms. The summed E-state index contributed by atoms with van der Waals surface area (Å²) in [5.74, 6) is -1.01. The van der Waals surface area contributed by atoms with E-state index in [1.165, 1.54) is 9.80 Å². The molecule has 0 spiro atoms. The maximum atomic E-state index is 12.3. The Kier molecular flexibility index (Phi) is 4.79. The molecule has 0 aromatic carbocycles. The zero-order chi connectivity index (χ0) is 14.8. The van der Waals surface area contributed by atoms with Crippen molar-refractivity contribution < 1.29 is 19.8 Å². The number of urea groups is 1. The Bertz CT molecular complexity index is 351. The number of carboxylic acid groups (broad SMARTS) is 1. The van der Waals surface area contributed by atoms with Crippen molar-refractivity contribution in [1.82, 2.24) is 9.80 Å². The van der Waals surface area contributed by atoms with Crippen LogP contribution < -0.4 is 0 Å². The monoisotopic (exact) mass is 272 g/mol. The predicted molar refractivity (Wildman–Crippen MR) is 70.9 cm³/mol. The number of aliphatic carboxylic acids is 1. The van der Waals surface area contributed by atoms with E-state index in [0.29, 0.717) is 6.54 Å². The second kappa shape index (κ2) is 5.77. The van der Waals surface area contributed by atoms with Gasteiger partial charge in [0.15, 0.2) is 0 Å². The van der Waals surface area contributed by atoms with E-state index < -0.39 is 17.6 Å². The van der Waals surface area contributed by atoms with Gasteiger partial charge in [-0.2, -0.15) is 0 Å². The van der Waals surface area contributed by atoms with Gasteiger partial charge in [-0.15, -0.1) is 0 Å². The van der Waals surface area contributed by atoms with E-state index in [-0.39, 0.29) is 18.5 Å². The summed E-state index contributed by atoms with van der Waals surface area (Å²) in [4.78, 5) is 26.4. The number of carbonyl (C=O) groups is 2. The second-order valence-corrected chi connectivity index (χ2v) is 6.05. The van der Waals surface area contributed by atoms with Crippen molar-refractivity contribution in [2.24, 2.45) is 5.92 Å². The summed E-state index contributed by atoms with van der Waals surface area (Å²) in [5.41, 5.74) is -0.996. The molecule has 110 valence electrons. The fourth-order valence-corrected chi connectivity index (χ4v) is 2.65. The molecule has 6 nitrogen and oxygen atoms in total. The maximum absolute atomic E-state index is 12.3. The van der Waals surface area contributed by atoms with Gasteiger partial charge in [-0.3, -0.25) is 0 Å². The highest BCUT2D eigenvalue weighted by molar-refractivity contribution is 5.83. The topological polar surface area (TPSA) is 81.1 Å². The molecule has 0 aromatic rings. The average Bonchev–Trinajstić information content (AvgIpc) is 2.24. The van der Waals surface area contributed by atoms with Crippen molar-refractivity contribution in [2.45, 2.75) is 45.3 Å². The van der Waals surface area contributed by atoms with Crippen LogP contribution in [0.3, 0.4) is 0 Å². The molecular weight excluding hydrogens is 248 g/mol. The van der Waals surface area contributed by atoms with Gasteiger partial charge in [-0.25, -0.2) is 9.59 Å².